The van der Waals surface area contributed by atoms with Crippen molar-refractivity contribution in [3.8, 4) is 6.07 Å². The van der Waals surface area contributed by atoms with E-state index >= 15 is 0 Å². The fraction of sp³-hybridized carbons (Fsp3) is 0.588. The second-order valence-corrected chi connectivity index (χ2v) is 6.13. The first-order chi connectivity index (χ1) is 9.60. The topological polar surface area (TPSA) is 27.0 Å². The minimum Gasteiger partial charge on any atom is -0.299 e. The molecule has 1 atom stereocenters. The average molecular weight is 274 g/mol. The maximum Gasteiger partial charge on any atom is 0.127 e. The molecule has 2 rings (SSSR count). The van der Waals surface area contributed by atoms with E-state index < -0.39 is 0 Å². The summed E-state index contributed by atoms with van der Waals surface area (Å²) < 4.78 is 13.8. The highest BCUT2D eigenvalue weighted by molar-refractivity contribution is 5.33. The molecule has 0 aromatic heterocycles. The summed E-state index contributed by atoms with van der Waals surface area (Å²) in [5.74, 6) is 1.32. The van der Waals surface area contributed by atoms with Crippen LogP contribution < -0.4 is 0 Å². The standard InChI is InChI=1S/C17H23FN2/c1-13(2)15-4-3-8-20(9-7-15)12-16-10-14(11-19)5-6-17(16)18/h5-6,10,13,15H,3-4,7-9,12H2,1-2H3. The third kappa shape index (κ3) is 3.80. The van der Waals surface area contributed by atoms with Gasteiger partial charge in [0, 0.05) is 12.1 Å². The van der Waals surface area contributed by atoms with E-state index in [1.165, 1.54) is 31.4 Å². The minimum absolute atomic E-state index is 0.200. The number of rotatable bonds is 3. The molecule has 1 fully saturated rings. The van der Waals surface area contributed by atoms with E-state index in [9.17, 15) is 4.39 Å². The van der Waals surface area contributed by atoms with Crippen LogP contribution in [-0.4, -0.2) is 18.0 Å². The molecular formula is C17H23FN2. The lowest BCUT2D eigenvalue weighted by atomic mass is 9.89. The van der Waals surface area contributed by atoms with Crippen molar-refractivity contribution in [3.05, 3.63) is 35.1 Å². The molecule has 1 aromatic carbocycles. The lowest BCUT2D eigenvalue weighted by Crippen LogP contribution is -2.25. The van der Waals surface area contributed by atoms with Gasteiger partial charge in [-0.25, -0.2) is 4.39 Å². The molecule has 0 radical (unpaired) electrons. The molecule has 0 amide bonds. The van der Waals surface area contributed by atoms with Crippen LogP contribution in [-0.2, 0) is 6.54 Å². The van der Waals surface area contributed by atoms with E-state index in [4.69, 9.17) is 5.26 Å². The zero-order chi connectivity index (χ0) is 14.5. The molecule has 1 unspecified atom stereocenters. The van der Waals surface area contributed by atoms with Gasteiger partial charge < -0.3 is 0 Å². The molecule has 1 aliphatic rings. The molecule has 2 nitrogen and oxygen atoms in total. The Balaban J connectivity index is 2.02. The number of likely N-dealkylation sites (tertiary alicyclic amines) is 1. The molecule has 108 valence electrons. The summed E-state index contributed by atoms with van der Waals surface area (Å²) in [6.45, 7) is 7.25. The highest BCUT2D eigenvalue weighted by Gasteiger charge is 2.20. The summed E-state index contributed by atoms with van der Waals surface area (Å²) in [6, 6.07) is 6.70. The van der Waals surface area contributed by atoms with Gasteiger partial charge in [-0.2, -0.15) is 5.26 Å². The summed E-state index contributed by atoms with van der Waals surface area (Å²) >= 11 is 0. The van der Waals surface area contributed by atoms with Crippen molar-refractivity contribution in [2.45, 2.75) is 39.7 Å². The van der Waals surface area contributed by atoms with Gasteiger partial charge in [0.25, 0.3) is 0 Å². The van der Waals surface area contributed by atoms with Crippen LogP contribution in [0, 0.1) is 29.0 Å². The van der Waals surface area contributed by atoms with Gasteiger partial charge in [-0.1, -0.05) is 13.8 Å². The van der Waals surface area contributed by atoms with Crippen LogP contribution >= 0.6 is 0 Å². The van der Waals surface area contributed by atoms with E-state index in [1.807, 2.05) is 0 Å². The maximum atomic E-state index is 13.8. The predicted octanol–water partition coefficient (Wildman–Crippen LogP) is 3.96. The van der Waals surface area contributed by atoms with Crippen molar-refractivity contribution >= 4 is 0 Å². The molecule has 0 N–H and O–H groups in total. The minimum atomic E-state index is -0.200. The molecule has 1 heterocycles. The average Bonchev–Trinajstić information content (AvgIpc) is 2.67. The number of hydrogen-bond donors (Lipinski definition) is 0. The molecule has 0 bridgehead atoms. The van der Waals surface area contributed by atoms with Gasteiger partial charge in [0.2, 0.25) is 0 Å². The zero-order valence-corrected chi connectivity index (χ0v) is 12.4. The Kier molecular flexibility index (Phi) is 5.14. The van der Waals surface area contributed by atoms with Crippen LogP contribution in [0.1, 0.15) is 44.2 Å². The van der Waals surface area contributed by atoms with E-state index in [2.05, 4.69) is 24.8 Å². The van der Waals surface area contributed by atoms with Crippen LogP contribution in [0.5, 0.6) is 0 Å². The molecule has 1 aromatic rings. The third-order valence-electron chi connectivity index (χ3n) is 4.38. The van der Waals surface area contributed by atoms with Crippen molar-refractivity contribution in [2.24, 2.45) is 11.8 Å². The quantitative estimate of drug-likeness (QED) is 0.834. The lowest BCUT2D eigenvalue weighted by Gasteiger charge is -2.21. The van der Waals surface area contributed by atoms with Gasteiger partial charge >= 0.3 is 0 Å². The lowest BCUT2D eigenvalue weighted by molar-refractivity contribution is 0.261. The molecule has 0 spiro atoms. The van der Waals surface area contributed by atoms with Crippen LogP contribution in [0.3, 0.4) is 0 Å². The molecule has 20 heavy (non-hydrogen) atoms. The van der Waals surface area contributed by atoms with Crippen LogP contribution in [0.4, 0.5) is 4.39 Å². The molecule has 3 heteroatoms. The van der Waals surface area contributed by atoms with Gasteiger partial charge in [-0.15, -0.1) is 0 Å². The largest absolute Gasteiger partial charge is 0.299 e. The number of nitrogens with zero attached hydrogens (tertiary/aromatic N) is 2. The molecule has 0 saturated carbocycles. The summed E-state index contributed by atoms with van der Waals surface area (Å²) in [7, 11) is 0. The summed E-state index contributed by atoms with van der Waals surface area (Å²) in [4.78, 5) is 2.32. The monoisotopic (exact) mass is 274 g/mol. The van der Waals surface area contributed by atoms with E-state index in [-0.39, 0.29) is 5.82 Å². The Morgan fingerprint density at radius 3 is 2.85 bits per heavy atom. The molecular weight excluding hydrogens is 251 g/mol. The van der Waals surface area contributed by atoms with Gasteiger partial charge in [0.05, 0.1) is 11.6 Å². The Labute approximate surface area is 121 Å². The van der Waals surface area contributed by atoms with E-state index in [0.717, 1.165) is 24.9 Å². The second-order valence-electron chi connectivity index (χ2n) is 6.13. The van der Waals surface area contributed by atoms with Gasteiger partial charge in [-0.3, -0.25) is 4.90 Å². The SMILES string of the molecule is CC(C)C1CCCN(Cc2cc(C#N)ccc2F)CC1. The van der Waals surface area contributed by atoms with Crippen molar-refractivity contribution in [2.75, 3.05) is 13.1 Å². The van der Waals surface area contributed by atoms with Crippen LogP contribution in [0.2, 0.25) is 0 Å². The fourth-order valence-electron chi connectivity index (χ4n) is 3.01. The van der Waals surface area contributed by atoms with E-state index in [1.54, 1.807) is 6.07 Å². The molecule has 1 aliphatic heterocycles. The van der Waals surface area contributed by atoms with Crippen LogP contribution in [0.25, 0.3) is 0 Å². The number of hydrogen-bond acceptors (Lipinski definition) is 2. The Bertz CT molecular complexity index is 490. The normalized spacial score (nSPS) is 20.6. The maximum absolute atomic E-state index is 13.8. The van der Waals surface area contributed by atoms with Crippen LogP contribution in [0.15, 0.2) is 18.2 Å². The smallest absolute Gasteiger partial charge is 0.127 e. The Morgan fingerprint density at radius 1 is 1.35 bits per heavy atom. The summed E-state index contributed by atoms with van der Waals surface area (Å²) in [5, 5.41) is 8.91. The number of halogens is 1. The summed E-state index contributed by atoms with van der Waals surface area (Å²) in [5.41, 5.74) is 1.18. The first-order valence-corrected chi connectivity index (χ1v) is 7.51. The third-order valence-corrected chi connectivity index (χ3v) is 4.38. The van der Waals surface area contributed by atoms with Crippen molar-refractivity contribution in [1.29, 1.82) is 5.26 Å². The second kappa shape index (κ2) is 6.85. The molecule has 1 saturated heterocycles. The van der Waals surface area contributed by atoms with Crippen molar-refractivity contribution in [1.82, 2.24) is 4.90 Å². The highest BCUT2D eigenvalue weighted by atomic mass is 19.1. The first-order valence-electron chi connectivity index (χ1n) is 7.51. The Morgan fingerprint density at radius 2 is 2.15 bits per heavy atom. The van der Waals surface area contributed by atoms with E-state index in [0.29, 0.717) is 17.7 Å². The zero-order valence-electron chi connectivity index (χ0n) is 12.4. The Hall–Kier alpha value is -1.40. The molecule has 0 aliphatic carbocycles. The number of nitriles is 1. The van der Waals surface area contributed by atoms with Crippen molar-refractivity contribution in [3.63, 3.8) is 0 Å². The van der Waals surface area contributed by atoms with Gasteiger partial charge in [0.15, 0.2) is 0 Å². The fourth-order valence-corrected chi connectivity index (χ4v) is 3.01. The number of benzene rings is 1. The van der Waals surface area contributed by atoms with Gasteiger partial charge in [0.1, 0.15) is 5.82 Å². The predicted molar refractivity (Wildman–Crippen MR) is 78.6 cm³/mol. The van der Waals surface area contributed by atoms with Crippen molar-refractivity contribution < 1.29 is 4.39 Å². The summed E-state index contributed by atoms with van der Waals surface area (Å²) in [6.07, 6.45) is 3.65. The highest BCUT2D eigenvalue weighted by Crippen LogP contribution is 2.25. The van der Waals surface area contributed by atoms with Gasteiger partial charge in [-0.05, 0) is 62.4 Å². The first kappa shape index (κ1) is 15.0.